The van der Waals surface area contributed by atoms with Crippen LogP contribution in [-0.4, -0.2) is 56.5 Å². The number of aliphatic imine (C=N–C) groups is 1. The van der Waals surface area contributed by atoms with Crippen molar-refractivity contribution in [2.45, 2.75) is 59.0 Å². The van der Waals surface area contributed by atoms with E-state index in [0.717, 1.165) is 31.0 Å². The highest BCUT2D eigenvalue weighted by molar-refractivity contribution is 14.0. The van der Waals surface area contributed by atoms with Crippen molar-refractivity contribution in [3.05, 3.63) is 35.4 Å². The Morgan fingerprint density at radius 3 is 2.59 bits per heavy atom. The van der Waals surface area contributed by atoms with Crippen molar-refractivity contribution < 1.29 is 4.79 Å². The Labute approximate surface area is 194 Å². The number of amides is 1. The van der Waals surface area contributed by atoms with Crippen LogP contribution in [0.25, 0.3) is 0 Å². The van der Waals surface area contributed by atoms with E-state index in [0.29, 0.717) is 24.7 Å². The Bertz CT molecular complexity index is 607. The van der Waals surface area contributed by atoms with E-state index in [1.807, 2.05) is 43.3 Å². The first-order chi connectivity index (χ1) is 13.5. The number of likely N-dealkylation sites (N-methyl/N-ethyl adjacent to an activating group) is 1. The van der Waals surface area contributed by atoms with Crippen LogP contribution >= 0.6 is 24.0 Å². The van der Waals surface area contributed by atoms with Gasteiger partial charge in [-0.2, -0.15) is 0 Å². The number of halogens is 1. The van der Waals surface area contributed by atoms with Crippen LogP contribution in [0.3, 0.4) is 0 Å². The predicted octanol–water partition coefficient (Wildman–Crippen LogP) is 3.62. The van der Waals surface area contributed by atoms with Gasteiger partial charge in [0.2, 0.25) is 0 Å². The van der Waals surface area contributed by atoms with Gasteiger partial charge in [0.15, 0.2) is 5.96 Å². The zero-order chi connectivity index (χ0) is 20.8. The molecule has 0 aromatic heterocycles. The minimum absolute atomic E-state index is 0. The van der Waals surface area contributed by atoms with Crippen LogP contribution in [0.1, 0.15) is 62.4 Å². The number of carbonyl (C=O) groups is 1. The van der Waals surface area contributed by atoms with Gasteiger partial charge >= 0.3 is 0 Å². The molecule has 6 nitrogen and oxygen atoms in total. The summed E-state index contributed by atoms with van der Waals surface area (Å²) in [4.78, 5) is 19.0. The molecule has 1 unspecified atom stereocenters. The highest BCUT2D eigenvalue weighted by Gasteiger charge is 2.07. The van der Waals surface area contributed by atoms with E-state index >= 15 is 0 Å². The Morgan fingerprint density at radius 1 is 1.17 bits per heavy atom. The Hall–Kier alpha value is -1.35. The molecule has 0 fully saturated rings. The van der Waals surface area contributed by atoms with Crippen LogP contribution in [0.5, 0.6) is 0 Å². The summed E-state index contributed by atoms with van der Waals surface area (Å²) in [5.74, 6) is 0.787. The molecule has 0 radical (unpaired) electrons. The lowest BCUT2D eigenvalue weighted by Crippen LogP contribution is -2.42. The summed E-state index contributed by atoms with van der Waals surface area (Å²) in [6, 6.07) is 8.08. The minimum atomic E-state index is -0.0396. The van der Waals surface area contributed by atoms with Crippen LogP contribution in [0.2, 0.25) is 0 Å². The summed E-state index contributed by atoms with van der Waals surface area (Å²) in [5.41, 5.74) is 1.70. The molecule has 7 heteroatoms. The zero-order valence-electron chi connectivity index (χ0n) is 18.8. The first-order valence-corrected chi connectivity index (χ1v) is 10.5. The van der Waals surface area contributed by atoms with E-state index in [9.17, 15) is 4.79 Å². The first kappa shape index (κ1) is 27.6. The zero-order valence-corrected chi connectivity index (χ0v) is 21.1. The maximum Gasteiger partial charge on any atom is 0.251 e. The second kappa shape index (κ2) is 16.4. The van der Waals surface area contributed by atoms with Gasteiger partial charge in [-0.3, -0.25) is 4.79 Å². The Balaban J connectivity index is 0.00000784. The molecular formula is C22H40IN5O. The third-order valence-corrected chi connectivity index (χ3v) is 4.42. The Morgan fingerprint density at radius 2 is 1.93 bits per heavy atom. The number of nitrogens with one attached hydrogen (secondary N) is 3. The number of unbranched alkanes of at least 4 members (excludes halogenated alkanes) is 2. The van der Waals surface area contributed by atoms with E-state index in [2.05, 4.69) is 36.7 Å². The molecule has 166 valence electrons. The van der Waals surface area contributed by atoms with E-state index in [1.54, 1.807) is 0 Å². The maximum absolute atomic E-state index is 12.3. The number of guanidine groups is 1. The molecule has 0 aliphatic heterocycles. The summed E-state index contributed by atoms with van der Waals surface area (Å²) in [6.07, 6.45) is 4.87. The van der Waals surface area contributed by atoms with Gasteiger partial charge in [-0.25, -0.2) is 4.99 Å². The highest BCUT2D eigenvalue weighted by atomic mass is 127. The molecule has 0 saturated heterocycles. The van der Waals surface area contributed by atoms with Crippen molar-refractivity contribution in [2.24, 2.45) is 4.99 Å². The van der Waals surface area contributed by atoms with Gasteiger partial charge in [-0.1, -0.05) is 38.3 Å². The highest BCUT2D eigenvalue weighted by Crippen LogP contribution is 2.07. The van der Waals surface area contributed by atoms with E-state index in [4.69, 9.17) is 4.99 Å². The molecule has 1 aromatic carbocycles. The van der Waals surface area contributed by atoms with Gasteiger partial charge in [0, 0.05) is 31.2 Å². The van der Waals surface area contributed by atoms with Crippen molar-refractivity contribution in [3.8, 4) is 0 Å². The first-order valence-electron chi connectivity index (χ1n) is 10.5. The quantitative estimate of drug-likeness (QED) is 0.172. The van der Waals surface area contributed by atoms with Crippen molar-refractivity contribution in [1.82, 2.24) is 20.9 Å². The van der Waals surface area contributed by atoms with Crippen LogP contribution in [0.4, 0.5) is 0 Å². The second-order valence-electron chi connectivity index (χ2n) is 7.50. The molecule has 1 aromatic rings. The van der Waals surface area contributed by atoms with Crippen molar-refractivity contribution in [1.29, 1.82) is 0 Å². The van der Waals surface area contributed by atoms with Crippen LogP contribution in [0.15, 0.2) is 29.3 Å². The molecule has 0 aliphatic carbocycles. The number of benzene rings is 1. The second-order valence-corrected chi connectivity index (χ2v) is 7.50. The SMILES string of the molecule is CCCCCC(C)NC(=NCc1cccc(C(=O)NCCN(C)C)c1)NCC.I. The number of hydrogen-bond acceptors (Lipinski definition) is 3. The molecule has 1 atom stereocenters. The molecular weight excluding hydrogens is 477 g/mol. The fourth-order valence-electron chi connectivity index (χ4n) is 2.80. The lowest BCUT2D eigenvalue weighted by Gasteiger charge is -2.17. The van der Waals surface area contributed by atoms with Crippen molar-refractivity contribution in [3.63, 3.8) is 0 Å². The number of carbonyl (C=O) groups excluding carboxylic acids is 1. The predicted molar refractivity (Wildman–Crippen MR) is 134 cm³/mol. The van der Waals surface area contributed by atoms with E-state index in [-0.39, 0.29) is 29.9 Å². The molecule has 0 spiro atoms. The van der Waals surface area contributed by atoms with Gasteiger partial charge in [0.25, 0.3) is 5.91 Å². The fourth-order valence-corrected chi connectivity index (χ4v) is 2.80. The van der Waals surface area contributed by atoms with Gasteiger partial charge < -0.3 is 20.9 Å². The fraction of sp³-hybridized carbons (Fsp3) is 0.636. The normalized spacial score (nSPS) is 12.3. The lowest BCUT2D eigenvalue weighted by molar-refractivity contribution is 0.0951. The van der Waals surface area contributed by atoms with Crippen molar-refractivity contribution in [2.75, 3.05) is 33.7 Å². The van der Waals surface area contributed by atoms with Gasteiger partial charge in [-0.05, 0) is 52.1 Å². The van der Waals surface area contributed by atoms with Gasteiger partial charge in [-0.15, -0.1) is 24.0 Å². The third-order valence-electron chi connectivity index (χ3n) is 4.42. The molecule has 0 aliphatic rings. The molecule has 3 N–H and O–H groups in total. The number of nitrogens with zero attached hydrogens (tertiary/aromatic N) is 2. The molecule has 0 heterocycles. The molecule has 29 heavy (non-hydrogen) atoms. The topological polar surface area (TPSA) is 68.8 Å². The summed E-state index contributed by atoms with van der Waals surface area (Å²) in [5, 5.41) is 9.73. The average molecular weight is 518 g/mol. The summed E-state index contributed by atoms with van der Waals surface area (Å²) in [6.45, 7) is 9.30. The number of hydrogen-bond donors (Lipinski definition) is 3. The lowest BCUT2D eigenvalue weighted by atomic mass is 10.1. The standard InChI is InChI=1S/C22H39N5O.HI/c1-6-8-9-11-18(3)26-22(23-7-2)25-17-19-12-10-13-20(16-19)21(28)24-14-15-27(4)5;/h10,12-13,16,18H,6-9,11,14-15,17H2,1-5H3,(H,24,28)(H2,23,25,26);1H. The molecule has 0 saturated carbocycles. The summed E-state index contributed by atoms with van der Waals surface area (Å²) < 4.78 is 0. The van der Waals surface area contributed by atoms with E-state index in [1.165, 1.54) is 19.3 Å². The summed E-state index contributed by atoms with van der Waals surface area (Å²) >= 11 is 0. The average Bonchev–Trinajstić information content (AvgIpc) is 2.66. The van der Waals surface area contributed by atoms with Crippen LogP contribution in [-0.2, 0) is 6.54 Å². The van der Waals surface area contributed by atoms with Crippen molar-refractivity contribution >= 4 is 35.8 Å². The molecule has 1 amide bonds. The largest absolute Gasteiger partial charge is 0.357 e. The molecule has 1 rings (SSSR count). The third kappa shape index (κ3) is 12.7. The maximum atomic E-state index is 12.3. The smallest absolute Gasteiger partial charge is 0.251 e. The van der Waals surface area contributed by atoms with Crippen LogP contribution < -0.4 is 16.0 Å². The number of rotatable bonds is 12. The monoisotopic (exact) mass is 517 g/mol. The van der Waals surface area contributed by atoms with Gasteiger partial charge in [0.1, 0.15) is 0 Å². The summed E-state index contributed by atoms with van der Waals surface area (Å²) in [7, 11) is 3.98. The molecule has 0 bridgehead atoms. The van der Waals surface area contributed by atoms with E-state index < -0.39 is 0 Å². The minimum Gasteiger partial charge on any atom is -0.357 e. The van der Waals surface area contributed by atoms with Gasteiger partial charge in [0.05, 0.1) is 6.54 Å². The Kier molecular flexibility index (Phi) is 15.7. The van der Waals surface area contributed by atoms with Crippen LogP contribution in [0, 0.1) is 0 Å².